The van der Waals surface area contributed by atoms with Gasteiger partial charge >= 0.3 is 5.97 Å². The molecule has 0 aliphatic carbocycles. The minimum absolute atomic E-state index is 0.312. The summed E-state index contributed by atoms with van der Waals surface area (Å²) in [6.45, 7) is 5.91. The van der Waals surface area contributed by atoms with Gasteiger partial charge in [0, 0.05) is 19.2 Å². The van der Waals surface area contributed by atoms with Crippen LogP contribution in [0.5, 0.6) is 5.75 Å². The van der Waals surface area contributed by atoms with Crippen molar-refractivity contribution in [3.8, 4) is 5.75 Å². The van der Waals surface area contributed by atoms with Gasteiger partial charge in [-0.1, -0.05) is 31.1 Å². The second kappa shape index (κ2) is 12.3. The van der Waals surface area contributed by atoms with Gasteiger partial charge in [-0.3, -0.25) is 4.79 Å². The van der Waals surface area contributed by atoms with E-state index in [0.717, 1.165) is 35.2 Å². The first-order valence-corrected chi connectivity index (χ1v) is 12.0. The highest BCUT2D eigenvalue weighted by atomic mass is 32.1. The van der Waals surface area contributed by atoms with Crippen LogP contribution in [0.2, 0.25) is 0 Å². The molecule has 3 aromatic rings. The third-order valence-electron chi connectivity index (χ3n) is 5.03. The fourth-order valence-corrected chi connectivity index (χ4v) is 4.38. The molecule has 0 unspecified atom stereocenters. The zero-order valence-corrected chi connectivity index (χ0v) is 20.2. The molecule has 33 heavy (non-hydrogen) atoms. The Hall–Kier alpha value is -2.97. The number of ether oxygens (including phenoxy) is 3. The summed E-state index contributed by atoms with van der Waals surface area (Å²) < 4.78 is 18.8. The predicted octanol–water partition coefficient (Wildman–Crippen LogP) is 4.84. The van der Waals surface area contributed by atoms with E-state index in [0.29, 0.717) is 42.3 Å². The largest absolute Gasteiger partial charge is 0.494 e. The number of carbonyl (C=O) groups excluding carboxylic acids is 2. The van der Waals surface area contributed by atoms with E-state index in [1.807, 2.05) is 10.6 Å². The van der Waals surface area contributed by atoms with E-state index >= 15 is 0 Å². The fourth-order valence-electron chi connectivity index (χ4n) is 3.29. The van der Waals surface area contributed by atoms with Crippen molar-refractivity contribution < 1.29 is 23.8 Å². The van der Waals surface area contributed by atoms with Crippen LogP contribution < -0.4 is 9.54 Å². The van der Waals surface area contributed by atoms with E-state index in [1.165, 1.54) is 11.3 Å². The zero-order valence-electron chi connectivity index (χ0n) is 19.3. The Labute approximate surface area is 197 Å². The number of carbonyl (C=O) groups is 2. The average molecular weight is 471 g/mol. The van der Waals surface area contributed by atoms with E-state index < -0.39 is 0 Å². The Balaban J connectivity index is 1.87. The molecule has 0 saturated heterocycles. The Morgan fingerprint density at radius 2 is 1.76 bits per heavy atom. The summed E-state index contributed by atoms with van der Waals surface area (Å²) >= 11 is 1.35. The smallest absolute Gasteiger partial charge is 0.338 e. The third-order valence-corrected chi connectivity index (χ3v) is 6.07. The summed E-state index contributed by atoms with van der Waals surface area (Å²) in [5.41, 5.74) is 1.84. The van der Waals surface area contributed by atoms with Crippen molar-refractivity contribution in [2.24, 2.45) is 4.99 Å². The Morgan fingerprint density at radius 3 is 2.45 bits per heavy atom. The van der Waals surface area contributed by atoms with E-state index in [1.54, 1.807) is 50.4 Å². The SMILES string of the molecule is CCCCCOc1ccc(C(=O)N=c2sc3cc(C(=O)OCC)ccc3n2CCOC)cc1. The van der Waals surface area contributed by atoms with E-state index in [9.17, 15) is 9.59 Å². The number of unbranched alkanes of at least 4 members (excludes halogenated alkanes) is 2. The highest BCUT2D eigenvalue weighted by Crippen LogP contribution is 2.20. The number of rotatable bonds is 11. The van der Waals surface area contributed by atoms with Crippen LogP contribution in [0, 0.1) is 0 Å². The zero-order chi connectivity index (χ0) is 23.6. The summed E-state index contributed by atoms with van der Waals surface area (Å²) in [4.78, 5) is 29.9. The molecular formula is C25H30N2O5S. The topological polar surface area (TPSA) is 79.1 Å². The standard InChI is InChI=1S/C25H30N2O5S/c1-4-6-7-15-32-20-11-8-18(9-12-20)23(28)26-25-27(14-16-30-3)21-13-10-19(17-22(21)33-25)24(29)31-5-2/h8-13,17H,4-7,14-16H2,1-3H3. The summed E-state index contributed by atoms with van der Waals surface area (Å²) in [7, 11) is 1.63. The lowest BCUT2D eigenvalue weighted by Gasteiger charge is -2.06. The molecule has 1 amide bonds. The second-order valence-electron chi connectivity index (χ2n) is 7.43. The summed E-state index contributed by atoms with van der Waals surface area (Å²) in [6.07, 6.45) is 3.29. The summed E-state index contributed by atoms with van der Waals surface area (Å²) in [5.74, 6) is 0.0323. The highest BCUT2D eigenvalue weighted by Gasteiger charge is 2.13. The minimum Gasteiger partial charge on any atom is -0.494 e. The minimum atomic E-state index is -0.372. The average Bonchev–Trinajstić information content (AvgIpc) is 3.17. The van der Waals surface area contributed by atoms with Crippen LogP contribution in [0.25, 0.3) is 10.2 Å². The molecule has 3 rings (SSSR count). The van der Waals surface area contributed by atoms with Crippen molar-refractivity contribution in [1.82, 2.24) is 4.57 Å². The van der Waals surface area contributed by atoms with Crippen LogP contribution in [0.4, 0.5) is 0 Å². The van der Waals surface area contributed by atoms with Gasteiger partial charge in [-0.15, -0.1) is 0 Å². The van der Waals surface area contributed by atoms with Gasteiger partial charge in [0.15, 0.2) is 4.80 Å². The lowest BCUT2D eigenvalue weighted by Crippen LogP contribution is -2.19. The molecule has 0 fully saturated rings. The normalized spacial score (nSPS) is 11.7. The molecule has 0 aliphatic heterocycles. The number of nitrogens with zero attached hydrogens (tertiary/aromatic N) is 2. The van der Waals surface area contributed by atoms with Gasteiger partial charge in [-0.25, -0.2) is 4.79 Å². The maximum absolute atomic E-state index is 12.9. The molecule has 0 saturated carbocycles. The van der Waals surface area contributed by atoms with Crippen LogP contribution in [0.15, 0.2) is 47.5 Å². The van der Waals surface area contributed by atoms with E-state index in [2.05, 4.69) is 11.9 Å². The van der Waals surface area contributed by atoms with Crippen molar-refractivity contribution in [2.75, 3.05) is 26.9 Å². The van der Waals surface area contributed by atoms with Crippen LogP contribution in [-0.4, -0.2) is 43.4 Å². The Bertz CT molecular complexity index is 1150. The first-order valence-electron chi connectivity index (χ1n) is 11.2. The number of methoxy groups -OCH3 is 1. The Kier molecular flexibility index (Phi) is 9.21. The third kappa shape index (κ3) is 6.52. The van der Waals surface area contributed by atoms with Gasteiger partial charge in [0.1, 0.15) is 5.75 Å². The molecule has 0 spiro atoms. The van der Waals surface area contributed by atoms with Gasteiger partial charge in [0.05, 0.1) is 35.6 Å². The second-order valence-corrected chi connectivity index (χ2v) is 8.44. The first kappa shape index (κ1) is 24.7. The molecule has 0 aliphatic rings. The van der Waals surface area contributed by atoms with Gasteiger partial charge in [-0.2, -0.15) is 4.99 Å². The molecule has 7 nitrogen and oxygen atoms in total. The van der Waals surface area contributed by atoms with Gasteiger partial charge in [0.2, 0.25) is 0 Å². The number of benzene rings is 2. The molecule has 1 heterocycles. The van der Waals surface area contributed by atoms with E-state index in [4.69, 9.17) is 14.2 Å². The van der Waals surface area contributed by atoms with Crippen molar-refractivity contribution in [1.29, 1.82) is 0 Å². The molecule has 0 N–H and O–H groups in total. The van der Waals surface area contributed by atoms with Crippen LogP contribution in [0.1, 0.15) is 53.8 Å². The van der Waals surface area contributed by atoms with Crippen LogP contribution in [0.3, 0.4) is 0 Å². The molecule has 2 aromatic carbocycles. The molecule has 0 bridgehead atoms. The number of fused-ring (bicyclic) bond motifs is 1. The van der Waals surface area contributed by atoms with Crippen molar-refractivity contribution in [2.45, 2.75) is 39.7 Å². The molecule has 0 radical (unpaired) electrons. The van der Waals surface area contributed by atoms with Gasteiger partial charge < -0.3 is 18.8 Å². The number of aromatic nitrogens is 1. The van der Waals surface area contributed by atoms with Crippen LogP contribution >= 0.6 is 11.3 Å². The summed E-state index contributed by atoms with van der Waals surface area (Å²) in [5, 5.41) is 0. The summed E-state index contributed by atoms with van der Waals surface area (Å²) in [6, 6.07) is 12.4. The number of hydrogen-bond donors (Lipinski definition) is 0. The predicted molar refractivity (Wildman–Crippen MR) is 129 cm³/mol. The van der Waals surface area contributed by atoms with Gasteiger partial charge in [0.25, 0.3) is 5.91 Å². The molecule has 8 heteroatoms. The number of thiazole rings is 1. The first-order chi connectivity index (χ1) is 16.1. The van der Waals surface area contributed by atoms with E-state index in [-0.39, 0.29) is 11.9 Å². The molecule has 0 atom stereocenters. The van der Waals surface area contributed by atoms with Crippen LogP contribution in [-0.2, 0) is 16.0 Å². The lowest BCUT2D eigenvalue weighted by atomic mass is 10.2. The lowest BCUT2D eigenvalue weighted by molar-refractivity contribution is 0.0526. The molecule has 176 valence electrons. The number of esters is 1. The highest BCUT2D eigenvalue weighted by molar-refractivity contribution is 7.16. The fraction of sp³-hybridized carbons (Fsp3) is 0.400. The molecule has 1 aromatic heterocycles. The van der Waals surface area contributed by atoms with Crippen molar-refractivity contribution in [3.05, 3.63) is 58.4 Å². The maximum atomic E-state index is 12.9. The Morgan fingerprint density at radius 1 is 1.00 bits per heavy atom. The quantitative estimate of drug-likeness (QED) is 0.296. The van der Waals surface area contributed by atoms with Gasteiger partial charge in [-0.05, 0) is 55.8 Å². The maximum Gasteiger partial charge on any atom is 0.338 e. The van der Waals surface area contributed by atoms with Crippen molar-refractivity contribution >= 4 is 33.4 Å². The molecular weight excluding hydrogens is 440 g/mol. The monoisotopic (exact) mass is 470 g/mol. The number of amides is 1. The number of hydrogen-bond acceptors (Lipinski definition) is 6. The van der Waals surface area contributed by atoms with Crippen molar-refractivity contribution in [3.63, 3.8) is 0 Å².